The zero-order chi connectivity index (χ0) is 21.9. The summed E-state index contributed by atoms with van der Waals surface area (Å²) >= 11 is 0. The molecule has 0 bridgehead atoms. The van der Waals surface area contributed by atoms with Crippen LogP contribution in [0.2, 0.25) is 0 Å². The summed E-state index contributed by atoms with van der Waals surface area (Å²) in [5.74, 6) is -0.466. The summed E-state index contributed by atoms with van der Waals surface area (Å²) in [6.07, 6.45) is 0.717. The van der Waals surface area contributed by atoms with Gasteiger partial charge in [-0.2, -0.15) is 0 Å². The van der Waals surface area contributed by atoms with Crippen molar-refractivity contribution in [2.75, 3.05) is 21.4 Å². The van der Waals surface area contributed by atoms with Crippen molar-refractivity contribution in [1.29, 1.82) is 0 Å². The Balaban J connectivity index is 0.000000458. The van der Waals surface area contributed by atoms with E-state index in [0.717, 1.165) is 6.29 Å². The Labute approximate surface area is 158 Å². The highest BCUT2D eigenvalue weighted by atomic mass is 19.1. The van der Waals surface area contributed by atoms with Crippen molar-refractivity contribution in [2.24, 2.45) is 0 Å². The van der Waals surface area contributed by atoms with Crippen LogP contribution < -0.4 is 9.47 Å². The third-order valence-corrected chi connectivity index (χ3v) is 3.38. The number of phenols is 2. The van der Waals surface area contributed by atoms with Crippen molar-refractivity contribution in [2.45, 2.75) is 13.8 Å². The molecule has 0 saturated heterocycles. The molecule has 2 aromatic carbocycles. The summed E-state index contributed by atoms with van der Waals surface area (Å²) < 4.78 is 25.2. The molecule has 0 aliphatic carbocycles. The van der Waals surface area contributed by atoms with E-state index in [9.17, 15) is 24.2 Å². The maximum Gasteiger partial charge on any atom is 0.335 e. The van der Waals surface area contributed by atoms with Crippen LogP contribution in [-0.2, 0) is 0 Å². The minimum atomic E-state index is -1.04. The van der Waals surface area contributed by atoms with Gasteiger partial charge >= 0.3 is 5.97 Å². The predicted molar refractivity (Wildman–Crippen MR) is 98.2 cm³/mol. The summed E-state index contributed by atoms with van der Waals surface area (Å²) in [7, 11) is 1.82. The third-order valence-electron chi connectivity index (χ3n) is 3.38. The van der Waals surface area contributed by atoms with Crippen LogP contribution in [-0.4, -0.2) is 48.9 Å². The molecule has 0 aliphatic rings. The summed E-state index contributed by atoms with van der Waals surface area (Å²) in [5.41, 5.74) is 1.72. The molecule has 0 unspecified atom stereocenters. The number of hydrogen-bond donors (Lipinski definition) is 3. The Bertz CT molecular complexity index is 809. The molecule has 0 fully saturated rings. The summed E-state index contributed by atoms with van der Waals surface area (Å²) in [4.78, 5) is 21.0. The molecule has 3 N–H and O–H groups in total. The molecule has 0 radical (unpaired) electrons. The first-order chi connectivity index (χ1) is 13.2. The Kier molecular flexibility index (Phi) is 9.14. The molecule has 0 amide bonds. The summed E-state index contributed by atoms with van der Waals surface area (Å²) in [6.45, 7) is 3.33. The van der Waals surface area contributed by atoms with Crippen LogP contribution in [0.3, 0.4) is 0 Å². The van der Waals surface area contributed by atoms with Crippen molar-refractivity contribution >= 4 is 12.3 Å². The number of aldehydes is 1. The lowest BCUT2D eigenvalue weighted by atomic mass is 10.1. The van der Waals surface area contributed by atoms with Crippen LogP contribution in [0.25, 0.3) is 0 Å². The van der Waals surface area contributed by atoms with E-state index in [4.69, 9.17) is 16.0 Å². The Morgan fingerprint density at radius 3 is 1.89 bits per heavy atom. The molecule has 0 saturated carbocycles. The van der Waals surface area contributed by atoms with Gasteiger partial charge in [0.2, 0.25) is 0 Å². The lowest BCUT2D eigenvalue weighted by molar-refractivity contribution is 0.0696. The van der Waals surface area contributed by atoms with Gasteiger partial charge in [-0.1, -0.05) is 0 Å². The number of aryl methyl sites for hydroxylation is 2. The predicted octanol–water partition coefficient (Wildman–Crippen LogP) is 3.51. The molecule has 7 nitrogen and oxygen atoms in total. The Morgan fingerprint density at radius 1 is 1.04 bits per heavy atom. The molecule has 2 aromatic rings. The van der Waals surface area contributed by atoms with Crippen LogP contribution >= 0.6 is 0 Å². The molecule has 0 aromatic heterocycles. The normalized spacial score (nSPS) is 9.59. The number of benzene rings is 2. The number of aromatic hydroxyl groups is 2. The van der Waals surface area contributed by atoms with Gasteiger partial charge in [0.25, 0.3) is 0 Å². The molecule has 0 atom stereocenters. The number of carboxylic acids is 1. The van der Waals surface area contributed by atoms with E-state index < -0.39 is 13.1 Å². The molecule has 148 valence electrons. The highest BCUT2D eigenvalue weighted by Gasteiger charge is 2.11. The smallest absolute Gasteiger partial charge is 0.335 e. The topological polar surface area (TPSA) is 113 Å². The van der Waals surface area contributed by atoms with Crippen molar-refractivity contribution < 1.29 is 40.1 Å². The number of alkyl halides is 1. The fourth-order valence-electron chi connectivity index (χ4n) is 2.02. The zero-order valence-corrected chi connectivity index (χ0v) is 15.4. The highest BCUT2D eigenvalue weighted by molar-refractivity contribution is 5.89. The number of halogens is 1. The number of ether oxygens (including phenoxy) is 2. The molecule has 0 spiro atoms. The SMILES string of the molecule is COc1cc(C(=O)O)cc(C)c1O.COc1cc(C=O)cc(C)c1O.[2H]CF. The van der Waals surface area contributed by atoms with E-state index >= 15 is 0 Å². The van der Waals surface area contributed by atoms with Gasteiger partial charge < -0.3 is 24.8 Å². The Hall–Kier alpha value is -3.29. The summed E-state index contributed by atoms with van der Waals surface area (Å²) in [5, 5.41) is 27.4. The van der Waals surface area contributed by atoms with Crippen LogP contribution in [0.15, 0.2) is 24.3 Å². The fraction of sp³-hybridized carbons (Fsp3) is 0.263. The van der Waals surface area contributed by atoms with E-state index in [-0.39, 0.29) is 22.8 Å². The van der Waals surface area contributed by atoms with Crippen LogP contribution in [0.5, 0.6) is 23.0 Å². The van der Waals surface area contributed by atoms with Crippen molar-refractivity contribution in [3.63, 3.8) is 0 Å². The molecule has 27 heavy (non-hydrogen) atoms. The van der Waals surface area contributed by atoms with Gasteiger partial charge in [0, 0.05) is 5.56 Å². The highest BCUT2D eigenvalue weighted by Crippen LogP contribution is 2.31. The second kappa shape index (κ2) is 11.3. The number of rotatable bonds is 4. The van der Waals surface area contributed by atoms with Gasteiger partial charge in [-0.25, -0.2) is 4.79 Å². The Morgan fingerprint density at radius 2 is 1.48 bits per heavy atom. The summed E-state index contributed by atoms with van der Waals surface area (Å²) in [6, 6.07) is 5.77. The quantitative estimate of drug-likeness (QED) is 0.692. The van der Waals surface area contributed by atoms with E-state index in [0.29, 0.717) is 22.4 Å². The number of hydrogen-bond acceptors (Lipinski definition) is 6. The molecular formula is C19H23FO7. The third kappa shape index (κ3) is 6.50. The van der Waals surface area contributed by atoms with Crippen LogP contribution in [0, 0.1) is 13.8 Å². The number of carbonyl (C=O) groups is 2. The van der Waals surface area contributed by atoms with E-state index in [1.807, 2.05) is 0 Å². The van der Waals surface area contributed by atoms with E-state index in [2.05, 4.69) is 0 Å². The van der Waals surface area contributed by atoms with E-state index in [1.165, 1.54) is 32.4 Å². The maximum absolute atomic E-state index is 10.6. The van der Waals surface area contributed by atoms with Crippen molar-refractivity contribution in [3.05, 3.63) is 46.5 Å². The minimum absolute atomic E-state index is 0.0208. The average molecular weight is 383 g/mol. The number of carboxylic acid groups (broad SMARTS) is 1. The molecule has 0 heterocycles. The fourth-order valence-corrected chi connectivity index (χ4v) is 2.02. The van der Waals surface area contributed by atoms with Gasteiger partial charge in [-0.05, 0) is 49.2 Å². The van der Waals surface area contributed by atoms with Gasteiger partial charge in [0.05, 0.1) is 28.3 Å². The number of methoxy groups -OCH3 is 2. The first kappa shape index (κ1) is 21.8. The standard InChI is InChI=1S/C9H10O4.C9H10O3.CH3F/c1-5-3-6(9(11)12)4-7(13-2)8(5)10;1-6-3-7(5-10)4-8(12-2)9(6)11;1-2/h3-4,10H,1-2H3,(H,11,12);3-5,11H,1-2H3;1H3/i;;1D. The molecular weight excluding hydrogens is 359 g/mol. The second-order valence-corrected chi connectivity index (χ2v) is 5.16. The first-order valence-corrected chi connectivity index (χ1v) is 7.45. The lowest BCUT2D eigenvalue weighted by Crippen LogP contribution is -1.98. The van der Waals surface area contributed by atoms with Gasteiger partial charge in [0.1, 0.15) is 6.29 Å². The second-order valence-electron chi connectivity index (χ2n) is 5.16. The number of carbonyl (C=O) groups excluding carboxylic acids is 1. The van der Waals surface area contributed by atoms with Gasteiger partial charge in [-0.15, -0.1) is 0 Å². The van der Waals surface area contributed by atoms with Crippen LogP contribution in [0.1, 0.15) is 33.2 Å². The monoisotopic (exact) mass is 383 g/mol. The van der Waals surface area contributed by atoms with Crippen LogP contribution in [0.4, 0.5) is 4.39 Å². The van der Waals surface area contributed by atoms with Gasteiger partial charge in [-0.3, -0.25) is 9.18 Å². The first-order valence-electron chi connectivity index (χ1n) is 8.16. The van der Waals surface area contributed by atoms with Crippen molar-refractivity contribution in [3.8, 4) is 23.0 Å². The largest absolute Gasteiger partial charge is 0.504 e. The molecule has 0 aliphatic heterocycles. The van der Waals surface area contributed by atoms with Gasteiger partial charge in [0.15, 0.2) is 23.0 Å². The average Bonchev–Trinajstić information content (AvgIpc) is 2.66. The lowest BCUT2D eigenvalue weighted by Gasteiger charge is -2.06. The molecule has 2 rings (SSSR count). The molecule has 8 heteroatoms. The minimum Gasteiger partial charge on any atom is -0.504 e. The van der Waals surface area contributed by atoms with Crippen molar-refractivity contribution in [1.82, 2.24) is 0 Å². The number of aromatic carboxylic acids is 1. The maximum atomic E-state index is 10.6. The van der Waals surface area contributed by atoms with E-state index in [1.54, 1.807) is 19.9 Å². The zero-order valence-electron chi connectivity index (χ0n) is 16.4. The number of phenolic OH excluding ortho intramolecular Hbond substituents is 2.